The van der Waals surface area contributed by atoms with Crippen molar-refractivity contribution in [3.8, 4) is 5.75 Å². The molecule has 0 spiro atoms. The van der Waals surface area contributed by atoms with Crippen LogP contribution in [0.3, 0.4) is 0 Å². The smallest absolute Gasteiger partial charge is 0.266 e. The molecule has 4 nitrogen and oxygen atoms in total. The van der Waals surface area contributed by atoms with Crippen molar-refractivity contribution in [1.29, 1.82) is 0 Å². The molecule has 0 radical (unpaired) electrons. The third-order valence-electron chi connectivity index (χ3n) is 2.95. The Morgan fingerprint density at radius 2 is 2.11 bits per heavy atom. The van der Waals surface area contributed by atoms with Crippen LogP contribution in [0.15, 0.2) is 23.1 Å². The normalized spacial score (nSPS) is 11.2. The Hall–Kier alpha value is -1.62. The molecule has 0 atom stereocenters. The van der Waals surface area contributed by atoms with Crippen LogP contribution in [0.25, 0.3) is 10.9 Å². The number of nitrogens with two attached hydrogens (primary N) is 1. The van der Waals surface area contributed by atoms with Gasteiger partial charge < -0.3 is 15.0 Å². The fourth-order valence-electron chi connectivity index (χ4n) is 2.15. The lowest BCUT2D eigenvalue weighted by molar-refractivity contribution is 0.0990. The summed E-state index contributed by atoms with van der Waals surface area (Å²) in [7, 11) is 3.49. The minimum absolute atomic E-state index is 0.370. The Kier molecular flexibility index (Phi) is 3.75. The third-order valence-corrected chi connectivity index (χ3v) is 4.07. The molecule has 19 heavy (non-hydrogen) atoms. The fourth-order valence-corrected chi connectivity index (χ4v) is 3.26. The molecule has 1 amide bonds. The van der Waals surface area contributed by atoms with Crippen LogP contribution >= 0.6 is 11.8 Å². The van der Waals surface area contributed by atoms with E-state index in [1.807, 2.05) is 29.8 Å². The summed E-state index contributed by atoms with van der Waals surface area (Å²) in [4.78, 5) is 12.6. The van der Waals surface area contributed by atoms with Crippen molar-refractivity contribution >= 4 is 28.6 Å². The quantitative estimate of drug-likeness (QED) is 0.875. The van der Waals surface area contributed by atoms with E-state index in [0.717, 1.165) is 21.5 Å². The fraction of sp³-hybridized carbons (Fsp3) is 0.357. The summed E-state index contributed by atoms with van der Waals surface area (Å²) in [6.07, 6.45) is 0. The maximum Gasteiger partial charge on any atom is 0.266 e. The number of benzene rings is 1. The number of fused-ring (bicyclic) bond motifs is 1. The van der Waals surface area contributed by atoms with Crippen LogP contribution in [-0.2, 0) is 7.05 Å². The molecule has 0 bridgehead atoms. The average molecular weight is 278 g/mol. The van der Waals surface area contributed by atoms with Gasteiger partial charge in [-0.2, -0.15) is 0 Å². The van der Waals surface area contributed by atoms with Crippen LogP contribution in [0, 0.1) is 0 Å². The molecule has 0 aliphatic heterocycles. The molecular weight excluding hydrogens is 260 g/mol. The molecule has 0 saturated heterocycles. The van der Waals surface area contributed by atoms with Crippen molar-refractivity contribution in [3.05, 3.63) is 23.9 Å². The monoisotopic (exact) mass is 278 g/mol. The molecule has 5 heteroatoms. The van der Waals surface area contributed by atoms with E-state index in [9.17, 15) is 4.79 Å². The number of amides is 1. The highest BCUT2D eigenvalue weighted by molar-refractivity contribution is 8.00. The first kappa shape index (κ1) is 13.8. The number of aromatic nitrogens is 1. The van der Waals surface area contributed by atoms with E-state index in [1.165, 1.54) is 0 Å². The lowest BCUT2D eigenvalue weighted by Crippen LogP contribution is -2.16. The molecule has 0 saturated carbocycles. The van der Waals surface area contributed by atoms with Crippen LogP contribution in [0.4, 0.5) is 0 Å². The van der Waals surface area contributed by atoms with Gasteiger partial charge in [0.2, 0.25) is 0 Å². The van der Waals surface area contributed by atoms with Gasteiger partial charge in [-0.1, -0.05) is 13.8 Å². The highest BCUT2D eigenvalue weighted by atomic mass is 32.2. The van der Waals surface area contributed by atoms with Gasteiger partial charge in [0.1, 0.15) is 11.4 Å². The van der Waals surface area contributed by atoms with Crippen molar-refractivity contribution in [2.45, 2.75) is 24.0 Å². The third kappa shape index (κ3) is 2.42. The van der Waals surface area contributed by atoms with Crippen molar-refractivity contribution in [2.24, 2.45) is 12.8 Å². The van der Waals surface area contributed by atoms with Crippen LogP contribution in [0.5, 0.6) is 5.75 Å². The number of nitrogens with zero attached hydrogens (tertiary/aromatic N) is 1. The molecule has 2 aromatic rings. The van der Waals surface area contributed by atoms with E-state index >= 15 is 0 Å². The SMILES string of the molecule is COc1ccc2c(c1)c(SC(C)C)c(C(N)=O)n2C. The number of hydrogen-bond donors (Lipinski definition) is 1. The Morgan fingerprint density at radius 1 is 1.42 bits per heavy atom. The first-order valence-electron chi connectivity index (χ1n) is 6.08. The average Bonchev–Trinajstić information content (AvgIpc) is 2.61. The first-order chi connectivity index (χ1) is 8.95. The van der Waals surface area contributed by atoms with E-state index in [-0.39, 0.29) is 0 Å². The van der Waals surface area contributed by atoms with Crippen molar-refractivity contribution in [2.75, 3.05) is 7.11 Å². The minimum atomic E-state index is -0.402. The van der Waals surface area contributed by atoms with E-state index < -0.39 is 5.91 Å². The number of ether oxygens (including phenoxy) is 1. The maximum absolute atomic E-state index is 11.7. The van der Waals surface area contributed by atoms with E-state index in [0.29, 0.717) is 10.9 Å². The Labute approximate surface area is 116 Å². The van der Waals surface area contributed by atoms with E-state index in [2.05, 4.69) is 13.8 Å². The molecule has 102 valence electrons. The summed E-state index contributed by atoms with van der Waals surface area (Å²) >= 11 is 1.65. The second-order valence-electron chi connectivity index (χ2n) is 4.65. The highest BCUT2D eigenvalue weighted by Crippen LogP contribution is 2.37. The van der Waals surface area contributed by atoms with E-state index in [1.54, 1.807) is 18.9 Å². The molecule has 0 aliphatic rings. The molecule has 1 heterocycles. The lowest BCUT2D eigenvalue weighted by atomic mass is 10.2. The summed E-state index contributed by atoms with van der Waals surface area (Å²) in [6.45, 7) is 4.18. The molecule has 2 rings (SSSR count). The molecule has 0 unspecified atom stereocenters. The van der Waals surface area contributed by atoms with Crippen LogP contribution in [0.1, 0.15) is 24.3 Å². The van der Waals surface area contributed by atoms with Gasteiger partial charge in [-0.25, -0.2) is 0 Å². The van der Waals surface area contributed by atoms with Gasteiger partial charge in [-0.05, 0) is 18.2 Å². The molecule has 1 aromatic carbocycles. The molecule has 1 aromatic heterocycles. The zero-order chi connectivity index (χ0) is 14.2. The summed E-state index contributed by atoms with van der Waals surface area (Å²) in [6, 6.07) is 5.79. The lowest BCUT2D eigenvalue weighted by Gasteiger charge is -2.06. The van der Waals surface area contributed by atoms with Gasteiger partial charge in [0.05, 0.1) is 7.11 Å². The summed E-state index contributed by atoms with van der Waals surface area (Å²) < 4.78 is 7.11. The second-order valence-corrected chi connectivity index (χ2v) is 6.24. The molecule has 0 fully saturated rings. The van der Waals surface area contributed by atoms with Crippen molar-refractivity contribution < 1.29 is 9.53 Å². The van der Waals surface area contributed by atoms with Gasteiger partial charge in [0.15, 0.2) is 0 Å². The summed E-state index contributed by atoms with van der Waals surface area (Å²) in [5.74, 6) is 0.376. The molecular formula is C14H18N2O2S. The Balaban J connectivity index is 2.77. The Morgan fingerprint density at radius 3 is 2.63 bits per heavy atom. The topological polar surface area (TPSA) is 57.2 Å². The first-order valence-corrected chi connectivity index (χ1v) is 6.96. The molecule has 2 N–H and O–H groups in total. The van der Waals surface area contributed by atoms with Gasteiger partial charge in [0, 0.05) is 28.1 Å². The molecule has 0 aliphatic carbocycles. The second kappa shape index (κ2) is 5.17. The zero-order valence-corrected chi connectivity index (χ0v) is 12.4. The highest BCUT2D eigenvalue weighted by Gasteiger charge is 2.20. The van der Waals surface area contributed by atoms with Crippen LogP contribution in [0.2, 0.25) is 0 Å². The van der Waals surface area contributed by atoms with Crippen molar-refractivity contribution in [1.82, 2.24) is 4.57 Å². The van der Waals surface area contributed by atoms with Crippen molar-refractivity contribution in [3.63, 3.8) is 0 Å². The number of hydrogen-bond acceptors (Lipinski definition) is 3. The number of carbonyl (C=O) groups is 1. The number of thioether (sulfide) groups is 1. The number of primary amides is 1. The zero-order valence-electron chi connectivity index (χ0n) is 11.6. The summed E-state index contributed by atoms with van der Waals surface area (Å²) in [5, 5.41) is 1.38. The largest absolute Gasteiger partial charge is 0.497 e. The predicted molar refractivity (Wildman–Crippen MR) is 79.0 cm³/mol. The number of carbonyl (C=O) groups excluding carboxylic acids is 1. The van der Waals surface area contributed by atoms with Crippen LogP contribution in [-0.4, -0.2) is 22.8 Å². The summed E-state index contributed by atoms with van der Waals surface area (Å²) in [5.41, 5.74) is 7.06. The standard InChI is InChI=1S/C14H18N2O2S/c1-8(2)19-13-10-7-9(18-4)5-6-11(10)16(3)12(13)14(15)17/h5-8H,1-4H3,(H2,15,17). The number of aryl methyl sites for hydroxylation is 1. The number of rotatable bonds is 4. The predicted octanol–water partition coefficient (Wildman–Crippen LogP) is 2.79. The minimum Gasteiger partial charge on any atom is -0.497 e. The maximum atomic E-state index is 11.7. The van der Waals surface area contributed by atoms with E-state index in [4.69, 9.17) is 10.5 Å². The van der Waals surface area contributed by atoms with Gasteiger partial charge >= 0.3 is 0 Å². The van der Waals surface area contributed by atoms with Gasteiger partial charge in [-0.3, -0.25) is 4.79 Å². The van der Waals surface area contributed by atoms with Gasteiger partial charge in [-0.15, -0.1) is 11.8 Å². The van der Waals surface area contributed by atoms with Gasteiger partial charge in [0.25, 0.3) is 5.91 Å². The van der Waals surface area contributed by atoms with Crippen LogP contribution < -0.4 is 10.5 Å². The number of methoxy groups -OCH3 is 1. The Bertz CT molecular complexity index is 632.